The Balaban J connectivity index is 2.50. The summed E-state index contributed by atoms with van der Waals surface area (Å²) in [4.78, 5) is 0. The molecular weight excluding hydrogens is 237 g/mol. The zero-order chi connectivity index (χ0) is 9.68. The van der Waals surface area contributed by atoms with Gasteiger partial charge in [0, 0.05) is 6.54 Å². The van der Waals surface area contributed by atoms with Crippen LogP contribution in [0.3, 0.4) is 0 Å². The number of alkyl halides is 1. The van der Waals surface area contributed by atoms with E-state index in [9.17, 15) is 4.39 Å². The lowest BCUT2D eigenvalue weighted by Gasteiger charge is -2.09. The first kappa shape index (κ1) is 10.5. The topological polar surface area (TPSA) is 35.2 Å². The molecule has 0 saturated carbocycles. The van der Waals surface area contributed by atoms with Crippen LogP contribution in [-0.2, 0) is 0 Å². The second-order valence-corrected chi connectivity index (χ2v) is 3.43. The second-order valence-electron chi connectivity index (χ2n) is 2.57. The molecule has 4 heteroatoms. The number of hydrogen-bond acceptors (Lipinski definition) is 2. The zero-order valence-electron chi connectivity index (χ0n) is 7.04. The molecule has 0 aliphatic rings. The fourth-order valence-electron chi connectivity index (χ4n) is 0.810. The van der Waals surface area contributed by atoms with Crippen molar-refractivity contribution in [3.8, 4) is 5.75 Å². The maximum Gasteiger partial charge on any atom is 0.146 e. The van der Waals surface area contributed by atoms with Gasteiger partial charge < -0.3 is 10.5 Å². The third-order valence-corrected chi connectivity index (χ3v) is 2.17. The van der Waals surface area contributed by atoms with Crippen LogP contribution in [0.5, 0.6) is 5.75 Å². The molecule has 0 aromatic heterocycles. The minimum absolute atomic E-state index is 0.000880. The first-order chi connectivity index (χ1) is 6.24. The molecule has 0 heterocycles. The Bertz CT molecular complexity index is 270. The average molecular weight is 248 g/mol. The summed E-state index contributed by atoms with van der Waals surface area (Å²) in [5, 5.41) is 0. The zero-order valence-corrected chi connectivity index (χ0v) is 8.63. The third-order valence-electron chi connectivity index (χ3n) is 1.51. The van der Waals surface area contributed by atoms with Crippen LogP contribution >= 0.6 is 15.9 Å². The number of benzene rings is 1. The highest BCUT2D eigenvalue weighted by Crippen LogP contribution is 2.23. The van der Waals surface area contributed by atoms with Crippen molar-refractivity contribution in [1.82, 2.24) is 0 Å². The normalized spacial score (nSPS) is 12.5. The van der Waals surface area contributed by atoms with Gasteiger partial charge in [0.05, 0.1) is 4.47 Å². The highest BCUT2D eigenvalue weighted by atomic mass is 79.9. The molecule has 72 valence electrons. The Morgan fingerprint density at radius 1 is 1.46 bits per heavy atom. The molecule has 1 rings (SSSR count). The molecule has 13 heavy (non-hydrogen) atoms. The molecule has 0 aliphatic heterocycles. The maximum absolute atomic E-state index is 12.7. The van der Waals surface area contributed by atoms with E-state index < -0.39 is 6.17 Å². The molecule has 0 amide bonds. The highest BCUT2D eigenvalue weighted by Gasteiger charge is 2.05. The molecule has 0 aliphatic carbocycles. The van der Waals surface area contributed by atoms with Crippen molar-refractivity contribution >= 4 is 15.9 Å². The molecule has 0 spiro atoms. The van der Waals surface area contributed by atoms with E-state index in [2.05, 4.69) is 15.9 Å². The minimum Gasteiger partial charge on any atom is -0.489 e. The molecule has 2 N–H and O–H groups in total. The monoisotopic (exact) mass is 247 g/mol. The van der Waals surface area contributed by atoms with Crippen LogP contribution in [0.15, 0.2) is 28.7 Å². The fourth-order valence-corrected chi connectivity index (χ4v) is 1.21. The summed E-state index contributed by atoms with van der Waals surface area (Å²) in [7, 11) is 0. The van der Waals surface area contributed by atoms with Gasteiger partial charge in [0.2, 0.25) is 0 Å². The van der Waals surface area contributed by atoms with Crippen molar-refractivity contribution in [3.63, 3.8) is 0 Å². The molecule has 0 bridgehead atoms. The van der Waals surface area contributed by atoms with Gasteiger partial charge in [-0.2, -0.15) is 0 Å². The molecule has 0 fully saturated rings. The molecule has 1 atom stereocenters. The van der Waals surface area contributed by atoms with Gasteiger partial charge in [-0.25, -0.2) is 4.39 Å². The van der Waals surface area contributed by atoms with Crippen molar-refractivity contribution < 1.29 is 9.13 Å². The second kappa shape index (κ2) is 5.19. The lowest BCUT2D eigenvalue weighted by molar-refractivity contribution is 0.200. The van der Waals surface area contributed by atoms with E-state index in [1.807, 2.05) is 18.2 Å². The van der Waals surface area contributed by atoms with Crippen LogP contribution in [0.2, 0.25) is 0 Å². The molecule has 0 radical (unpaired) electrons. The number of hydrogen-bond donors (Lipinski definition) is 1. The van der Waals surface area contributed by atoms with Crippen LogP contribution in [-0.4, -0.2) is 19.3 Å². The minimum atomic E-state index is -1.10. The summed E-state index contributed by atoms with van der Waals surface area (Å²) in [6, 6.07) is 7.31. The SMILES string of the molecule is NCC(F)COc1ccccc1Br. The van der Waals surface area contributed by atoms with Crippen LogP contribution in [0.25, 0.3) is 0 Å². The molecule has 1 unspecified atom stereocenters. The van der Waals surface area contributed by atoms with E-state index in [0.29, 0.717) is 5.75 Å². The smallest absolute Gasteiger partial charge is 0.146 e. The maximum atomic E-state index is 12.7. The van der Waals surface area contributed by atoms with E-state index in [1.54, 1.807) is 6.07 Å². The Morgan fingerprint density at radius 2 is 2.15 bits per heavy atom. The van der Waals surface area contributed by atoms with Crippen LogP contribution in [0.1, 0.15) is 0 Å². The van der Waals surface area contributed by atoms with Gasteiger partial charge in [-0.05, 0) is 28.1 Å². The van der Waals surface area contributed by atoms with Gasteiger partial charge in [0.1, 0.15) is 18.5 Å². The fraction of sp³-hybridized carbons (Fsp3) is 0.333. The van der Waals surface area contributed by atoms with E-state index in [1.165, 1.54) is 0 Å². The quantitative estimate of drug-likeness (QED) is 0.885. The van der Waals surface area contributed by atoms with E-state index in [4.69, 9.17) is 10.5 Å². The van der Waals surface area contributed by atoms with Crippen molar-refractivity contribution in [1.29, 1.82) is 0 Å². The molecule has 1 aromatic rings. The number of rotatable bonds is 4. The van der Waals surface area contributed by atoms with Crippen molar-refractivity contribution in [2.24, 2.45) is 5.73 Å². The van der Waals surface area contributed by atoms with E-state index in [0.717, 1.165) is 4.47 Å². The summed E-state index contributed by atoms with van der Waals surface area (Å²) in [5.74, 6) is 0.638. The summed E-state index contributed by atoms with van der Waals surface area (Å²) in [6.45, 7) is -0.0104. The molecule has 0 saturated heterocycles. The van der Waals surface area contributed by atoms with Gasteiger partial charge in [-0.3, -0.25) is 0 Å². The van der Waals surface area contributed by atoms with Crippen molar-refractivity contribution in [3.05, 3.63) is 28.7 Å². The Hall–Kier alpha value is -0.610. The van der Waals surface area contributed by atoms with Gasteiger partial charge in [-0.1, -0.05) is 12.1 Å². The predicted octanol–water partition coefficient (Wildman–Crippen LogP) is 2.12. The first-order valence-corrected chi connectivity index (χ1v) is 4.75. The van der Waals surface area contributed by atoms with Crippen molar-refractivity contribution in [2.45, 2.75) is 6.17 Å². The van der Waals surface area contributed by atoms with Gasteiger partial charge >= 0.3 is 0 Å². The van der Waals surface area contributed by atoms with Gasteiger partial charge in [-0.15, -0.1) is 0 Å². The van der Waals surface area contributed by atoms with Gasteiger partial charge in [0.15, 0.2) is 0 Å². The van der Waals surface area contributed by atoms with E-state index in [-0.39, 0.29) is 13.2 Å². The summed E-state index contributed by atoms with van der Waals surface area (Å²) in [5.41, 5.74) is 5.11. The number of ether oxygens (including phenoxy) is 1. The van der Waals surface area contributed by atoms with E-state index >= 15 is 0 Å². The number of halogens is 2. The molecular formula is C9H11BrFNO. The molecule has 2 nitrogen and oxygen atoms in total. The highest BCUT2D eigenvalue weighted by molar-refractivity contribution is 9.10. The van der Waals surface area contributed by atoms with Crippen LogP contribution in [0.4, 0.5) is 4.39 Å². The number of nitrogens with two attached hydrogens (primary N) is 1. The number of para-hydroxylation sites is 1. The first-order valence-electron chi connectivity index (χ1n) is 3.95. The Morgan fingerprint density at radius 3 is 2.77 bits per heavy atom. The summed E-state index contributed by atoms with van der Waals surface area (Å²) in [6.07, 6.45) is -1.10. The van der Waals surface area contributed by atoms with Crippen molar-refractivity contribution in [2.75, 3.05) is 13.2 Å². The van der Waals surface area contributed by atoms with Crippen LogP contribution in [0, 0.1) is 0 Å². The summed E-state index contributed by atoms with van der Waals surface area (Å²) < 4.78 is 18.7. The van der Waals surface area contributed by atoms with Gasteiger partial charge in [0.25, 0.3) is 0 Å². The van der Waals surface area contributed by atoms with Crippen LogP contribution < -0.4 is 10.5 Å². The lowest BCUT2D eigenvalue weighted by atomic mass is 10.3. The Labute approximate surface area is 85.0 Å². The standard InChI is InChI=1S/C9H11BrFNO/c10-8-3-1-2-4-9(8)13-6-7(11)5-12/h1-4,7H,5-6,12H2. The summed E-state index contributed by atoms with van der Waals surface area (Å²) >= 11 is 3.29. The Kier molecular flexibility index (Phi) is 4.18. The third kappa shape index (κ3) is 3.32. The predicted molar refractivity (Wildman–Crippen MR) is 53.6 cm³/mol. The lowest BCUT2D eigenvalue weighted by Crippen LogP contribution is -2.22. The largest absolute Gasteiger partial charge is 0.489 e. The average Bonchev–Trinajstić information content (AvgIpc) is 2.16. The molecule has 1 aromatic carbocycles.